The number of anilines is 3. The van der Waals surface area contributed by atoms with Gasteiger partial charge in [0.2, 0.25) is 17.8 Å². The smallest absolute Gasteiger partial charge is 0.263 e. The maximum Gasteiger partial charge on any atom is 0.263 e. The predicted octanol–water partition coefficient (Wildman–Crippen LogP) is 13.9. The van der Waals surface area contributed by atoms with Gasteiger partial charge >= 0.3 is 0 Å². The molecule has 0 spiro atoms. The summed E-state index contributed by atoms with van der Waals surface area (Å²) in [6, 6.07) is 32.2. The van der Waals surface area contributed by atoms with Crippen LogP contribution >= 0.6 is 27.5 Å². The molecule has 2 aliphatic carbocycles. The summed E-state index contributed by atoms with van der Waals surface area (Å²) in [4.78, 5) is 66.2. The van der Waals surface area contributed by atoms with Crippen molar-refractivity contribution in [3.63, 3.8) is 0 Å². The highest BCUT2D eigenvalue weighted by atomic mass is 79.9. The molecule has 0 radical (unpaired) electrons. The summed E-state index contributed by atoms with van der Waals surface area (Å²) in [7, 11) is 1.60. The van der Waals surface area contributed by atoms with Gasteiger partial charge in [-0.2, -0.15) is 0 Å². The summed E-state index contributed by atoms with van der Waals surface area (Å²) < 4.78 is 12.1. The number of methoxy groups -OCH3 is 1. The second kappa shape index (κ2) is 22.4. The molecule has 0 amide bonds. The number of aromatic nitrogens is 7. The number of pyridine rings is 1. The quantitative estimate of drug-likeness (QED) is 0.122. The van der Waals surface area contributed by atoms with E-state index in [1.54, 1.807) is 30.1 Å². The molecule has 2 saturated heterocycles. The Labute approximate surface area is 501 Å². The zero-order valence-electron chi connectivity index (χ0n) is 50.1. The summed E-state index contributed by atoms with van der Waals surface area (Å²) in [5.74, 6) is 3.50. The number of para-hydroxylation sites is 1. The van der Waals surface area contributed by atoms with Gasteiger partial charge in [-0.05, 0) is 159 Å². The molecular formula is C67H80BrClN10O4. The second-order valence-electron chi connectivity index (χ2n) is 26.7. The van der Waals surface area contributed by atoms with E-state index in [4.69, 9.17) is 31.3 Å². The summed E-state index contributed by atoms with van der Waals surface area (Å²) in [6.07, 6.45) is 11.3. The van der Waals surface area contributed by atoms with Gasteiger partial charge in [0.15, 0.2) is 0 Å². The fourth-order valence-corrected chi connectivity index (χ4v) is 16.4. The largest absolute Gasteiger partial charge is 0.494 e. The lowest BCUT2D eigenvalue weighted by atomic mass is 9.57. The lowest BCUT2D eigenvalue weighted by Gasteiger charge is -2.51. The third-order valence-electron chi connectivity index (χ3n) is 18.5. The van der Waals surface area contributed by atoms with Gasteiger partial charge in [-0.15, -0.1) is 0 Å². The molecule has 436 valence electrons. The van der Waals surface area contributed by atoms with E-state index in [2.05, 4.69) is 117 Å². The van der Waals surface area contributed by atoms with Gasteiger partial charge in [0.25, 0.3) is 16.7 Å². The Morgan fingerprint density at radius 3 is 2.12 bits per heavy atom. The van der Waals surface area contributed by atoms with Crippen molar-refractivity contribution in [3.05, 3.63) is 161 Å². The van der Waals surface area contributed by atoms with Crippen molar-refractivity contribution in [2.45, 2.75) is 151 Å². The average Bonchev–Trinajstić information content (AvgIpc) is 1.99. The molecule has 6 unspecified atom stereocenters. The zero-order valence-corrected chi connectivity index (χ0v) is 52.5. The van der Waals surface area contributed by atoms with Crippen LogP contribution in [0.1, 0.15) is 131 Å². The Bertz CT molecular complexity index is 3920. The third-order valence-corrected chi connectivity index (χ3v) is 19.2. The highest BCUT2D eigenvalue weighted by Crippen LogP contribution is 2.62. The summed E-state index contributed by atoms with van der Waals surface area (Å²) in [5, 5.41) is 2.48. The molecule has 8 aromatic rings. The standard InChI is InChI=1S/C25H26N4O2.C21H28BrN3O.C21H26ClN3O/c1-3-28(18-20-12-15-26-16-13-20)25-27-23-21(10-7-11-22(23)31-2)24(30)29(25)17-14-19-8-5-4-6-9-19;1-13(2)25-18(26)16-8-14(22)6-7-17(16)23-19(25)24-12-21(5)10-15(24)9-20(3,4)11-21;1-5-15-17-16-9-20(2,3)10-21(17,4)11-24(16)19-23-14-7-6-12(22)8-13(14)18(26)25(15)19/h4-13,15-16H,3,14,17-18H2,1-2H3;6-8,13,15H,9-12H2,1-5H3;6-8,15-17H,5,9-11H2,1-4H3. The van der Waals surface area contributed by atoms with E-state index in [9.17, 15) is 14.4 Å². The number of aryl methyl sites for hydroxylation is 1. The molecule has 6 atom stereocenters. The number of fused-ring (bicyclic) bond motifs is 7. The summed E-state index contributed by atoms with van der Waals surface area (Å²) >= 11 is 9.64. The van der Waals surface area contributed by atoms with Gasteiger partial charge < -0.3 is 19.4 Å². The number of rotatable bonds is 11. The van der Waals surface area contributed by atoms with Gasteiger partial charge in [0.1, 0.15) is 11.3 Å². The van der Waals surface area contributed by atoms with E-state index in [0.717, 1.165) is 65.3 Å². The summed E-state index contributed by atoms with van der Waals surface area (Å²) in [5.41, 5.74) is 5.73. The van der Waals surface area contributed by atoms with Crippen LogP contribution in [0.25, 0.3) is 32.7 Å². The monoisotopic (exact) mass is 1200 g/mol. The molecule has 6 bridgehead atoms. The van der Waals surface area contributed by atoms with E-state index < -0.39 is 0 Å². The Morgan fingerprint density at radius 2 is 1.42 bits per heavy atom. The molecule has 4 aromatic heterocycles. The molecule has 13 rings (SSSR count). The maximum absolute atomic E-state index is 13.5. The number of hydrogen-bond acceptors (Lipinski definition) is 11. The topological polar surface area (TPSA) is 137 Å². The van der Waals surface area contributed by atoms with Gasteiger partial charge in [0, 0.05) is 84.7 Å². The molecule has 5 aliphatic rings. The van der Waals surface area contributed by atoms with Crippen molar-refractivity contribution in [1.82, 2.24) is 33.6 Å². The molecular weight excluding hydrogens is 1120 g/mol. The van der Waals surface area contributed by atoms with Gasteiger partial charge in [-0.25, -0.2) is 15.0 Å². The van der Waals surface area contributed by atoms with Crippen LogP contribution < -0.4 is 36.1 Å². The first kappa shape index (κ1) is 58.2. The van der Waals surface area contributed by atoms with Crippen LogP contribution in [0.4, 0.5) is 17.8 Å². The minimum absolute atomic E-state index is 0.0528. The highest BCUT2D eigenvalue weighted by molar-refractivity contribution is 9.10. The number of benzene rings is 4. The highest BCUT2D eigenvalue weighted by Gasteiger charge is 2.62. The van der Waals surface area contributed by atoms with E-state index in [-0.39, 0.29) is 34.2 Å². The fraction of sp³-hybridized carbons (Fsp3) is 0.478. The Morgan fingerprint density at radius 1 is 0.723 bits per heavy atom. The first-order chi connectivity index (χ1) is 39.5. The van der Waals surface area contributed by atoms with Crippen molar-refractivity contribution in [2.24, 2.45) is 27.6 Å². The lowest BCUT2D eigenvalue weighted by Crippen LogP contribution is -2.52. The van der Waals surface area contributed by atoms with Crippen LogP contribution in [0, 0.1) is 27.6 Å². The Hall–Kier alpha value is -6.58. The van der Waals surface area contributed by atoms with Crippen molar-refractivity contribution >= 4 is 78.1 Å². The normalized spacial score (nSPS) is 23.4. The second-order valence-corrected chi connectivity index (χ2v) is 28.0. The number of hydrogen-bond donors (Lipinski definition) is 0. The first-order valence-electron chi connectivity index (χ1n) is 29.8. The number of nitrogens with zero attached hydrogens (tertiary/aromatic N) is 10. The van der Waals surface area contributed by atoms with Crippen molar-refractivity contribution in [2.75, 3.05) is 41.4 Å². The van der Waals surface area contributed by atoms with E-state index in [0.29, 0.717) is 92.3 Å². The zero-order chi connectivity index (χ0) is 58.9. The van der Waals surface area contributed by atoms with E-state index in [1.807, 2.05) is 88.0 Å². The fourth-order valence-electron chi connectivity index (χ4n) is 15.9. The van der Waals surface area contributed by atoms with Gasteiger partial charge in [-0.1, -0.05) is 112 Å². The lowest BCUT2D eigenvalue weighted by molar-refractivity contribution is 0.0315. The molecule has 0 N–H and O–H groups in total. The maximum atomic E-state index is 13.5. The third kappa shape index (κ3) is 11.1. The van der Waals surface area contributed by atoms with Crippen LogP contribution in [-0.2, 0) is 19.5 Å². The minimum Gasteiger partial charge on any atom is -0.494 e. The van der Waals surface area contributed by atoms with Crippen molar-refractivity contribution in [1.29, 1.82) is 0 Å². The molecule has 83 heavy (non-hydrogen) atoms. The van der Waals surface area contributed by atoms with Crippen LogP contribution in [-0.4, -0.2) is 72.5 Å². The van der Waals surface area contributed by atoms with E-state index in [1.165, 1.54) is 31.2 Å². The van der Waals surface area contributed by atoms with Crippen LogP contribution in [0.5, 0.6) is 5.75 Å². The molecule has 4 aromatic carbocycles. The van der Waals surface area contributed by atoms with Crippen molar-refractivity contribution < 1.29 is 4.74 Å². The van der Waals surface area contributed by atoms with Gasteiger partial charge in [-0.3, -0.25) is 33.1 Å². The number of halogens is 2. The Balaban J connectivity index is 0.000000131. The van der Waals surface area contributed by atoms with Crippen LogP contribution in [0.3, 0.4) is 0 Å². The molecule has 2 saturated carbocycles. The molecule has 14 nitrogen and oxygen atoms in total. The molecule has 3 aliphatic heterocycles. The average molecular weight is 1200 g/mol. The van der Waals surface area contributed by atoms with Crippen LogP contribution in [0.15, 0.2) is 128 Å². The number of ether oxygens (including phenoxy) is 1. The first-order valence-corrected chi connectivity index (χ1v) is 30.9. The predicted molar refractivity (Wildman–Crippen MR) is 341 cm³/mol. The van der Waals surface area contributed by atoms with Crippen LogP contribution in [0.2, 0.25) is 5.02 Å². The van der Waals surface area contributed by atoms with E-state index >= 15 is 0 Å². The van der Waals surface area contributed by atoms with Crippen molar-refractivity contribution in [3.8, 4) is 5.75 Å². The van der Waals surface area contributed by atoms with Gasteiger partial charge in [0.05, 0.1) is 34.3 Å². The minimum atomic E-state index is -0.0528. The summed E-state index contributed by atoms with van der Waals surface area (Å²) in [6.45, 7) is 26.7. The molecule has 4 fully saturated rings. The SMILES string of the molecule is CC(C)n1c(N2CC3(C)CC2CC(C)(C)C3)nc2ccc(Br)cc2c1=O.CCC1C2C3CC(C)(C)CC2(C)CN3c2nc3ccc(Cl)cc3c(=O)n21.CCN(Cc1ccncc1)c1nc2c(OC)cccc2c(=O)n1CCc1ccccc1. The Kier molecular flexibility index (Phi) is 15.7. The molecule has 7 heterocycles. The molecule has 16 heteroatoms.